The summed E-state index contributed by atoms with van der Waals surface area (Å²) in [7, 11) is 5.66. The fourth-order valence-electron chi connectivity index (χ4n) is 2.02. The van der Waals surface area contributed by atoms with E-state index in [1.165, 1.54) is 12.8 Å². The largest absolute Gasteiger partial charge is 0.352 e. The van der Waals surface area contributed by atoms with Gasteiger partial charge in [0, 0.05) is 18.7 Å². The maximum absolute atomic E-state index is 11.8. The first-order valence-corrected chi connectivity index (χ1v) is 7.69. The van der Waals surface area contributed by atoms with E-state index in [0.29, 0.717) is 11.0 Å². The smallest absolute Gasteiger partial charge is 0.251 e. The Kier molecular flexibility index (Phi) is 9.30. The van der Waals surface area contributed by atoms with E-state index in [2.05, 4.69) is 22.8 Å². The van der Waals surface area contributed by atoms with Crippen LogP contribution in [-0.2, 0) is 0 Å². The Morgan fingerprint density at radius 1 is 1.19 bits per heavy atom. The Bertz CT molecular complexity index is 446. The number of nitrogens with one attached hydrogen (secondary N) is 2. The lowest BCUT2D eigenvalue weighted by Gasteiger charge is -2.06. The molecule has 0 aromatic heterocycles. The lowest BCUT2D eigenvalue weighted by atomic mass is 9.94. The molecule has 0 spiro atoms. The minimum atomic E-state index is -0.0460. The van der Waals surface area contributed by atoms with E-state index in [9.17, 15) is 4.79 Å². The summed E-state index contributed by atoms with van der Waals surface area (Å²) in [5.41, 5.74) is 1.25. The minimum Gasteiger partial charge on any atom is -0.352 e. The zero-order valence-corrected chi connectivity index (χ0v) is 12.9. The van der Waals surface area contributed by atoms with Crippen LogP contribution in [0, 0.1) is 0 Å². The Labute approximate surface area is 129 Å². The van der Waals surface area contributed by atoms with E-state index < -0.39 is 0 Å². The van der Waals surface area contributed by atoms with Crippen molar-refractivity contribution in [3.63, 3.8) is 0 Å². The average molecular weight is 284 g/mol. The summed E-state index contributed by atoms with van der Waals surface area (Å²) in [6.07, 6.45) is 8.70. The molecule has 2 radical (unpaired) electrons. The summed E-state index contributed by atoms with van der Waals surface area (Å²) < 4.78 is 0. The first-order chi connectivity index (χ1) is 10.2. The van der Waals surface area contributed by atoms with Crippen molar-refractivity contribution in [1.29, 1.82) is 0 Å². The van der Waals surface area contributed by atoms with Crippen LogP contribution >= 0.6 is 0 Å². The molecule has 0 heterocycles. The van der Waals surface area contributed by atoms with E-state index in [0.717, 1.165) is 32.5 Å². The number of rotatable bonds is 10. The third-order valence-corrected chi connectivity index (χ3v) is 3.21. The Hall–Kier alpha value is -1.55. The molecule has 21 heavy (non-hydrogen) atoms. The second-order valence-electron chi connectivity index (χ2n) is 5.07. The Morgan fingerprint density at radius 3 is 2.67 bits per heavy atom. The number of hydrogen-bond acceptors (Lipinski definition) is 2. The number of carbonyl (C=O) groups is 1. The van der Waals surface area contributed by atoms with Gasteiger partial charge in [-0.25, -0.2) is 0 Å². The number of hydrogen-bond donors (Lipinski definition) is 2. The molecule has 4 heteroatoms. The maximum Gasteiger partial charge on any atom is 0.251 e. The SMILES string of the molecule is [B]c1cccc(C(=O)NCCCCCCNC/C=C/C)c1. The zero-order chi connectivity index (χ0) is 15.3. The molecule has 0 aliphatic carbocycles. The van der Waals surface area contributed by atoms with Gasteiger partial charge < -0.3 is 10.6 Å². The van der Waals surface area contributed by atoms with Crippen molar-refractivity contribution in [3.8, 4) is 0 Å². The van der Waals surface area contributed by atoms with Gasteiger partial charge in [-0.05, 0) is 32.4 Å². The third kappa shape index (κ3) is 8.36. The topological polar surface area (TPSA) is 41.1 Å². The van der Waals surface area contributed by atoms with Crippen molar-refractivity contribution in [3.05, 3.63) is 42.0 Å². The summed E-state index contributed by atoms with van der Waals surface area (Å²) in [5.74, 6) is -0.0460. The highest BCUT2D eigenvalue weighted by molar-refractivity contribution is 6.32. The molecule has 1 aromatic carbocycles. The van der Waals surface area contributed by atoms with Crippen molar-refractivity contribution < 1.29 is 4.79 Å². The normalized spacial score (nSPS) is 10.9. The van der Waals surface area contributed by atoms with Gasteiger partial charge in [-0.15, -0.1) is 0 Å². The third-order valence-electron chi connectivity index (χ3n) is 3.21. The van der Waals surface area contributed by atoms with Crippen molar-refractivity contribution in [1.82, 2.24) is 10.6 Å². The average Bonchev–Trinajstić information content (AvgIpc) is 2.49. The number of carbonyl (C=O) groups excluding carboxylic acids is 1. The zero-order valence-electron chi connectivity index (χ0n) is 12.9. The van der Waals surface area contributed by atoms with Crippen LogP contribution in [0.4, 0.5) is 0 Å². The maximum atomic E-state index is 11.8. The summed E-state index contributed by atoms with van der Waals surface area (Å²) in [4.78, 5) is 11.8. The van der Waals surface area contributed by atoms with E-state index in [1.807, 2.05) is 6.92 Å². The number of amides is 1. The molecule has 0 atom stereocenters. The van der Waals surface area contributed by atoms with Crippen molar-refractivity contribution >= 4 is 19.2 Å². The first-order valence-electron chi connectivity index (χ1n) is 7.69. The molecular weight excluding hydrogens is 259 g/mol. The quantitative estimate of drug-likeness (QED) is 0.391. The Morgan fingerprint density at radius 2 is 1.95 bits per heavy atom. The second kappa shape index (κ2) is 11.2. The van der Waals surface area contributed by atoms with Gasteiger partial charge in [-0.3, -0.25) is 4.79 Å². The van der Waals surface area contributed by atoms with Gasteiger partial charge in [0.05, 0.1) is 0 Å². The molecular formula is C17H25BN2O. The molecule has 2 N–H and O–H groups in total. The van der Waals surface area contributed by atoms with Crippen LogP contribution in [0.3, 0.4) is 0 Å². The highest BCUT2D eigenvalue weighted by atomic mass is 16.1. The Balaban J connectivity index is 2.00. The van der Waals surface area contributed by atoms with Crippen LogP contribution in [0.5, 0.6) is 0 Å². The van der Waals surface area contributed by atoms with Gasteiger partial charge in [0.1, 0.15) is 7.85 Å². The van der Waals surface area contributed by atoms with Crippen molar-refractivity contribution in [2.24, 2.45) is 0 Å². The summed E-state index contributed by atoms with van der Waals surface area (Å²) in [6.45, 7) is 4.76. The summed E-state index contributed by atoms with van der Waals surface area (Å²) >= 11 is 0. The van der Waals surface area contributed by atoms with Gasteiger partial charge in [0.25, 0.3) is 5.91 Å². The van der Waals surface area contributed by atoms with Gasteiger partial charge in [-0.1, -0.05) is 48.7 Å². The standard InChI is InChI=1S/C17H25BN2O/c1-2-3-11-19-12-6-4-5-7-13-20-17(21)15-9-8-10-16(18)14-15/h2-3,8-10,14,19H,4-7,11-13H2,1H3,(H,20,21)/b3-2+. The van der Waals surface area contributed by atoms with E-state index in [-0.39, 0.29) is 5.91 Å². The molecule has 0 fully saturated rings. The number of benzene rings is 1. The molecule has 0 saturated carbocycles. The highest BCUT2D eigenvalue weighted by Gasteiger charge is 2.03. The molecule has 3 nitrogen and oxygen atoms in total. The van der Waals surface area contributed by atoms with Gasteiger partial charge in [0.2, 0.25) is 0 Å². The summed E-state index contributed by atoms with van der Waals surface area (Å²) in [5, 5.41) is 6.28. The van der Waals surface area contributed by atoms with Crippen LogP contribution in [-0.4, -0.2) is 33.4 Å². The lowest BCUT2D eigenvalue weighted by molar-refractivity contribution is 0.0953. The molecule has 0 unspecified atom stereocenters. The van der Waals surface area contributed by atoms with E-state index in [1.54, 1.807) is 24.3 Å². The molecule has 1 amide bonds. The molecule has 0 aliphatic rings. The van der Waals surface area contributed by atoms with Crippen molar-refractivity contribution in [2.45, 2.75) is 32.6 Å². The predicted molar refractivity (Wildman–Crippen MR) is 90.3 cm³/mol. The van der Waals surface area contributed by atoms with Crippen LogP contribution in [0.15, 0.2) is 36.4 Å². The van der Waals surface area contributed by atoms with Gasteiger partial charge in [0.15, 0.2) is 0 Å². The second-order valence-corrected chi connectivity index (χ2v) is 5.07. The predicted octanol–water partition coefficient (Wildman–Crippen LogP) is 1.94. The van der Waals surface area contributed by atoms with Gasteiger partial charge >= 0.3 is 0 Å². The number of allylic oxidation sites excluding steroid dienone is 1. The van der Waals surface area contributed by atoms with Gasteiger partial charge in [-0.2, -0.15) is 0 Å². The van der Waals surface area contributed by atoms with E-state index >= 15 is 0 Å². The molecule has 0 bridgehead atoms. The van der Waals surface area contributed by atoms with E-state index in [4.69, 9.17) is 7.85 Å². The minimum absolute atomic E-state index is 0.0460. The van der Waals surface area contributed by atoms with Crippen LogP contribution in [0.25, 0.3) is 0 Å². The molecule has 1 rings (SSSR count). The highest BCUT2D eigenvalue weighted by Crippen LogP contribution is 1.99. The molecule has 1 aromatic rings. The monoisotopic (exact) mass is 284 g/mol. The molecule has 112 valence electrons. The summed E-state index contributed by atoms with van der Waals surface area (Å²) in [6, 6.07) is 7.06. The fraction of sp³-hybridized carbons (Fsp3) is 0.471. The number of unbranched alkanes of at least 4 members (excludes halogenated alkanes) is 3. The van der Waals surface area contributed by atoms with Crippen molar-refractivity contribution in [2.75, 3.05) is 19.6 Å². The van der Waals surface area contributed by atoms with Crippen LogP contribution in [0.1, 0.15) is 43.0 Å². The lowest BCUT2D eigenvalue weighted by Crippen LogP contribution is -2.25. The first kappa shape index (κ1) is 17.5. The molecule has 0 aliphatic heterocycles. The molecule has 0 saturated heterocycles. The van der Waals surface area contributed by atoms with Crippen LogP contribution in [0.2, 0.25) is 0 Å². The van der Waals surface area contributed by atoms with Crippen LogP contribution < -0.4 is 16.1 Å². The fourth-order valence-corrected chi connectivity index (χ4v) is 2.02.